The fourth-order valence-corrected chi connectivity index (χ4v) is 3.57. The van der Waals surface area contributed by atoms with Gasteiger partial charge in [-0.2, -0.15) is 0 Å². The first-order chi connectivity index (χ1) is 15.9. The Bertz CT molecular complexity index is 913. The molecule has 33 heavy (non-hydrogen) atoms. The maximum atomic E-state index is 12.7. The highest BCUT2D eigenvalue weighted by Gasteiger charge is 2.17. The first-order valence-corrected chi connectivity index (χ1v) is 11.4. The molecule has 1 fully saturated rings. The number of ether oxygens (including phenoxy) is 1. The van der Waals surface area contributed by atoms with E-state index >= 15 is 0 Å². The Labute approximate surface area is 195 Å². The number of morpholine rings is 1. The lowest BCUT2D eigenvalue weighted by Gasteiger charge is -2.29. The molecule has 2 aromatic rings. The zero-order valence-electron chi connectivity index (χ0n) is 19.4. The molecule has 1 aromatic carbocycles. The maximum Gasteiger partial charge on any atom is 0.317 e. The number of anilines is 2. The number of nitrogens with one attached hydrogen (secondary N) is 2. The van der Waals surface area contributed by atoms with Crippen LogP contribution in [0.5, 0.6) is 0 Å². The van der Waals surface area contributed by atoms with Crippen molar-refractivity contribution in [2.24, 2.45) is 0 Å². The van der Waals surface area contributed by atoms with E-state index in [0.717, 1.165) is 44.8 Å². The minimum atomic E-state index is -0.334. The lowest BCUT2D eigenvalue weighted by Crippen LogP contribution is -2.44. The molecule has 1 aliphatic heterocycles. The van der Waals surface area contributed by atoms with Crippen LogP contribution in [0.3, 0.4) is 0 Å². The molecule has 1 saturated heterocycles. The van der Waals surface area contributed by atoms with Crippen molar-refractivity contribution in [2.45, 2.75) is 32.9 Å². The van der Waals surface area contributed by atoms with Crippen LogP contribution in [0.2, 0.25) is 0 Å². The average molecular weight is 455 g/mol. The van der Waals surface area contributed by atoms with Gasteiger partial charge in [0.2, 0.25) is 0 Å². The van der Waals surface area contributed by atoms with Gasteiger partial charge < -0.3 is 26.0 Å². The summed E-state index contributed by atoms with van der Waals surface area (Å²) in [4.78, 5) is 33.7. The van der Waals surface area contributed by atoms with E-state index in [9.17, 15) is 9.59 Å². The van der Waals surface area contributed by atoms with Gasteiger partial charge in [0.25, 0.3) is 5.91 Å². The summed E-state index contributed by atoms with van der Waals surface area (Å²) in [5.74, 6) is -0.334. The number of carbonyl (C=O) groups excluding carboxylic acids is 2. The second-order valence-corrected chi connectivity index (χ2v) is 8.43. The van der Waals surface area contributed by atoms with Gasteiger partial charge in [-0.1, -0.05) is 18.2 Å². The van der Waals surface area contributed by atoms with Crippen molar-refractivity contribution >= 4 is 23.3 Å². The lowest BCUT2D eigenvalue weighted by atomic mass is 10.2. The molecule has 0 atom stereocenters. The van der Waals surface area contributed by atoms with Crippen molar-refractivity contribution in [1.29, 1.82) is 0 Å². The highest BCUT2D eigenvalue weighted by atomic mass is 16.5. The third kappa shape index (κ3) is 7.73. The van der Waals surface area contributed by atoms with Crippen LogP contribution in [0.4, 0.5) is 16.2 Å². The van der Waals surface area contributed by atoms with Crippen molar-refractivity contribution in [1.82, 2.24) is 20.1 Å². The fourth-order valence-electron chi connectivity index (χ4n) is 3.57. The van der Waals surface area contributed by atoms with Crippen LogP contribution in [0, 0.1) is 0 Å². The maximum absolute atomic E-state index is 12.7. The summed E-state index contributed by atoms with van der Waals surface area (Å²) < 4.78 is 5.40. The van der Waals surface area contributed by atoms with E-state index in [0.29, 0.717) is 24.5 Å². The first-order valence-electron chi connectivity index (χ1n) is 11.4. The van der Waals surface area contributed by atoms with Gasteiger partial charge in [0, 0.05) is 45.0 Å². The summed E-state index contributed by atoms with van der Waals surface area (Å²) in [7, 11) is 0. The van der Waals surface area contributed by atoms with Gasteiger partial charge >= 0.3 is 6.03 Å². The number of carbonyl (C=O) groups is 2. The van der Waals surface area contributed by atoms with Gasteiger partial charge in [0.1, 0.15) is 5.69 Å². The number of amides is 3. The number of urea groups is 1. The number of nitrogen functional groups attached to an aromatic ring is 1. The average Bonchev–Trinajstić information content (AvgIpc) is 2.80. The molecular formula is C24H34N6O3. The summed E-state index contributed by atoms with van der Waals surface area (Å²) in [6.07, 6.45) is 2.51. The van der Waals surface area contributed by atoms with Gasteiger partial charge in [-0.25, -0.2) is 4.79 Å². The van der Waals surface area contributed by atoms with E-state index in [-0.39, 0.29) is 23.7 Å². The highest BCUT2D eigenvalue weighted by Crippen LogP contribution is 2.17. The third-order valence-electron chi connectivity index (χ3n) is 5.35. The molecule has 4 N–H and O–H groups in total. The Balaban J connectivity index is 1.59. The molecule has 0 radical (unpaired) electrons. The van der Waals surface area contributed by atoms with Crippen LogP contribution in [0.15, 0.2) is 42.6 Å². The topological polar surface area (TPSA) is 113 Å². The van der Waals surface area contributed by atoms with Crippen LogP contribution in [0.25, 0.3) is 0 Å². The Morgan fingerprint density at radius 1 is 1.18 bits per heavy atom. The number of hydrogen-bond acceptors (Lipinski definition) is 6. The van der Waals surface area contributed by atoms with Gasteiger partial charge in [0.05, 0.1) is 24.6 Å². The van der Waals surface area contributed by atoms with Gasteiger partial charge in [-0.05, 0) is 44.0 Å². The Kier molecular flexibility index (Phi) is 9.03. The number of pyridine rings is 1. The van der Waals surface area contributed by atoms with Gasteiger partial charge in [-0.3, -0.25) is 14.7 Å². The summed E-state index contributed by atoms with van der Waals surface area (Å²) in [5.41, 5.74) is 8.07. The predicted octanol–water partition coefficient (Wildman–Crippen LogP) is 2.56. The highest BCUT2D eigenvalue weighted by molar-refractivity contribution is 6.04. The van der Waals surface area contributed by atoms with Crippen LogP contribution >= 0.6 is 0 Å². The van der Waals surface area contributed by atoms with E-state index < -0.39 is 0 Å². The molecule has 1 aliphatic rings. The molecule has 3 amide bonds. The van der Waals surface area contributed by atoms with Crippen molar-refractivity contribution in [3.05, 3.63) is 53.9 Å². The number of benzene rings is 1. The number of hydrogen-bond donors (Lipinski definition) is 3. The van der Waals surface area contributed by atoms with Crippen molar-refractivity contribution < 1.29 is 14.3 Å². The molecule has 3 rings (SSSR count). The second kappa shape index (κ2) is 12.2. The molecule has 9 heteroatoms. The first kappa shape index (κ1) is 24.5. The Morgan fingerprint density at radius 3 is 2.61 bits per heavy atom. The van der Waals surface area contributed by atoms with Crippen LogP contribution in [0.1, 0.15) is 36.3 Å². The molecule has 9 nitrogen and oxygen atoms in total. The fraction of sp³-hybridized carbons (Fsp3) is 0.458. The number of aromatic nitrogens is 1. The molecule has 0 unspecified atom stereocenters. The standard InChI is InChI=1S/C24H34N6O3/c1-18(2)27-24(32)30(11-5-10-29-12-14-33-15-13-29)17-19-8-9-22(26-16-19)23(31)28-21-7-4-3-6-20(21)25/h3-4,6-9,16,18H,5,10-15,17,25H2,1-2H3,(H,27,32)(H,28,31). The molecular weight excluding hydrogens is 420 g/mol. The molecule has 2 heterocycles. The number of rotatable bonds is 9. The molecule has 0 aliphatic carbocycles. The van der Waals surface area contributed by atoms with Crippen LogP contribution < -0.4 is 16.4 Å². The van der Waals surface area contributed by atoms with Crippen molar-refractivity contribution in [3.63, 3.8) is 0 Å². The molecule has 0 bridgehead atoms. The minimum Gasteiger partial charge on any atom is -0.397 e. The predicted molar refractivity (Wildman–Crippen MR) is 129 cm³/mol. The minimum absolute atomic E-state index is 0.0499. The molecule has 0 saturated carbocycles. The Hall–Kier alpha value is -3.17. The van der Waals surface area contributed by atoms with E-state index in [4.69, 9.17) is 10.5 Å². The second-order valence-electron chi connectivity index (χ2n) is 8.43. The SMILES string of the molecule is CC(C)NC(=O)N(CCCN1CCOCC1)Cc1ccc(C(=O)Nc2ccccc2N)nc1. The number of nitrogens with two attached hydrogens (primary N) is 1. The largest absolute Gasteiger partial charge is 0.397 e. The summed E-state index contributed by atoms with van der Waals surface area (Å²) in [6, 6.07) is 10.5. The molecule has 178 valence electrons. The van der Waals surface area contributed by atoms with Gasteiger partial charge in [0.15, 0.2) is 0 Å². The van der Waals surface area contributed by atoms with E-state index in [1.165, 1.54) is 0 Å². The van der Waals surface area contributed by atoms with E-state index in [1.54, 1.807) is 41.4 Å². The third-order valence-corrected chi connectivity index (χ3v) is 5.35. The normalized spacial score (nSPS) is 14.2. The molecule has 1 aromatic heterocycles. The quantitative estimate of drug-likeness (QED) is 0.502. The van der Waals surface area contributed by atoms with Gasteiger partial charge in [-0.15, -0.1) is 0 Å². The van der Waals surface area contributed by atoms with E-state index in [1.807, 2.05) is 19.9 Å². The summed E-state index contributed by atoms with van der Waals surface area (Å²) >= 11 is 0. The van der Waals surface area contributed by atoms with Crippen LogP contribution in [-0.2, 0) is 11.3 Å². The van der Waals surface area contributed by atoms with Crippen molar-refractivity contribution in [2.75, 3.05) is 50.4 Å². The Morgan fingerprint density at radius 2 is 1.94 bits per heavy atom. The summed E-state index contributed by atoms with van der Waals surface area (Å²) in [5, 5.41) is 5.74. The zero-order valence-corrected chi connectivity index (χ0v) is 19.4. The number of nitrogens with zero attached hydrogens (tertiary/aromatic N) is 3. The molecule has 0 spiro atoms. The monoisotopic (exact) mass is 454 g/mol. The summed E-state index contributed by atoms with van der Waals surface area (Å²) in [6.45, 7) is 9.25. The number of para-hydroxylation sites is 2. The van der Waals surface area contributed by atoms with Crippen LogP contribution in [-0.4, -0.2) is 72.2 Å². The smallest absolute Gasteiger partial charge is 0.317 e. The zero-order chi connectivity index (χ0) is 23.6. The van der Waals surface area contributed by atoms with Crippen molar-refractivity contribution in [3.8, 4) is 0 Å². The van der Waals surface area contributed by atoms with E-state index in [2.05, 4.69) is 20.5 Å². The lowest BCUT2D eigenvalue weighted by molar-refractivity contribution is 0.0364.